The van der Waals surface area contributed by atoms with Crippen molar-refractivity contribution >= 4 is 5.91 Å². The summed E-state index contributed by atoms with van der Waals surface area (Å²) in [6.07, 6.45) is 2.97. The second-order valence-electron chi connectivity index (χ2n) is 4.93. The number of carbonyl (C=O) groups is 1. The molecule has 0 unspecified atom stereocenters. The van der Waals surface area contributed by atoms with E-state index in [1.807, 2.05) is 36.2 Å². The molecule has 0 bridgehead atoms. The molecule has 0 aromatic heterocycles. The molecule has 1 heterocycles. The standard InChI is InChI=1S/C15H21NO2/c1-3-4-9-16(2)15(17)13-10-12-7-5-6-8-14(12)18-11-13/h5-8,13H,3-4,9-11H2,1-2H3/t13-/m1/s1. The average molecular weight is 247 g/mol. The van der Waals surface area contributed by atoms with Crippen LogP contribution in [0, 0.1) is 5.92 Å². The van der Waals surface area contributed by atoms with Gasteiger partial charge in [-0.2, -0.15) is 0 Å². The van der Waals surface area contributed by atoms with Crippen LogP contribution in [0.1, 0.15) is 25.3 Å². The van der Waals surface area contributed by atoms with Crippen LogP contribution in [0.2, 0.25) is 0 Å². The first kappa shape index (κ1) is 12.9. The molecule has 98 valence electrons. The summed E-state index contributed by atoms with van der Waals surface area (Å²) >= 11 is 0. The highest BCUT2D eigenvalue weighted by molar-refractivity contribution is 5.79. The molecule has 3 heteroatoms. The van der Waals surface area contributed by atoms with Crippen LogP contribution in [-0.2, 0) is 11.2 Å². The smallest absolute Gasteiger partial charge is 0.229 e. The SMILES string of the molecule is CCCCN(C)C(=O)[C@H]1COc2ccccc2C1. The number of amides is 1. The molecule has 0 N–H and O–H groups in total. The molecule has 18 heavy (non-hydrogen) atoms. The summed E-state index contributed by atoms with van der Waals surface area (Å²) in [5.74, 6) is 1.11. The number of rotatable bonds is 4. The summed E-state index contributed by atoms with van der Waals surface area (Å²) in [4.78, 5) is 14.1. The van der Waals surface area contributed by atoms with Gasteiger partial charge in [-0.15, -0.1) is 0 Å². The molecule has 3 nitrogen and oxygen atoms in total. The van der Waals surface area contributed by atoms with Crippen LogP contribution in [0.3, 0.4) is 0 Å². The third-order valence-corrected chi connectivity index (χ3v) is 3.45. The number of ether oxygens (including phenoxy) is 1. The van der Waals surface area contributed by atoms with Crippen molar-refractivity contribution in [1.82, 2.24) is 4.90 Å². The van der Waals surface area contributed by atoms with Gasteiger partial charge in [0.25, 0.3) is 0 Å². The van der Waals surface area contributed by atoms with Gasteiger partial charge in [0.1, 0.15) is 12.4 Å². The van der Waals surface area contributed by atoms with E-state index in [0.717, 1.165) is 37.1 Å². The van der Waals surface area contributed by atoms with Crippen molar-refractivity contribution < 1.29 is 9.53 Å². The minimum atomic E-state index is -0.0262. The quantitative estimate of drug-likeness (QED) is 0.818. The van der Waals surface area contributed by atoms with Crippen molar-refractivity contribution in [2.24, 2.45) is 5.92 Å². The molecule has 0 saturated carbocycles. The lowest BCUT2D eigenvalue weighted by molar-refractivity contribution is -0.135. The summed E-state index contributed by atoms with van der Waals surface area (Å²) in [6.45, 7) is 3.48. The Hall–Kier alpha value is -1.51. The fourth-order valence-corrected chi connectivity index (χ4v) is 2.30. The highest BCUT2D eigenvalue weighted by Crippen LogP contribution is 2.27. The maximum Gasteiger partial charge on any atom is 0.229 e. The maximum atomic E-state index is 12.3. The molecule has 1 atom stereocenters. The van der Waals surface area contributed by atoms with E-state index in [1.165, 1.54) is 0 Å². The van der Waals surface area contributed by atoms with Crippen LogP contribution in [0.25, 0.3) is 0 Å². The van der Waals surface area contributed by atoms with E-state index in [4.69, 9.17) is 4.74 Å². The molecule has 0 spiro atoms. The zero-order valence-electron chi connectivity index (χ0n) is 11.2. The van der Waals surface area contributed by atoms with Crippen molar-refractivity contribution in [2.75, 3.05) is 20.2 Å². The highest BCUT2D eigenvalue weighted by Gasteiger charge is 2.27. The first-order chi connectivity index (χ1) is 8.72. The van der Waals surface area contributed by atoms with Crippen LogP contribution in [-0.4, -0.2) is 31.0 Å². The number of fused-ring (bicyclic) bond motifs is 1. The van der Waals surface area contributed by atoms with Crippen LogP contribution in [0.5, 0.6) is 5.75 Å². The number of para-hydroxylation sites is 1. The lowest BCUT2D eigenvalue weighted by Crippen LogP contribution is -2.39. The Morgan fingerprint density at radius 1 is 1.44 bits per heavy atom. The second-order valence-corrected chi connectivity index (χ2v) is 4.93. The first-order valence-corrected chi connectivity index (χ1v) is 6.68. The van der Waals surface area contributed by atoms with Crippen LogP contribution >= 0.6 is 0 Å². The average Bonchev–Trinajstić information content (AvgIpc) is 2.43. The third kappa shape index (κ3) is 2.84. The summed E-state index contributed by atoms with van der Waals surface area (Å²) in [5, 5.41) is 0. The number of hydrogen-bond donors (Lipinski definition) is 0. The predicted octanol–water partition coefficient (Wildman–Crippen LogP) is 2.50. The van der Waals surface area contributed by atoms with Gasteiger partial charge in [-0.25, -0.2) is 0 Å². The van der Waals surface area contributed by atoms with Gasteiger partial charge in [-0.1, -0.05) is 31.5 Å². The Kier molecular flexibility index (Phi) is 4.24. The van der Waals surface area contributed by atoms with Gasteiger partial charge in [0.05, 0.1) is 5.92 Å². The Labute approximate surface area is 109 Å². The van der Waals surface area contributed by atoms with Gasteiger partial charge in [0, 0.05) is 13.6 Å². The zero-order valence-corrected chi connectivity index (χ0v) is 11.2. The van der Waals surface area contributed by atoms with Crippen molar-refractivity contribution in [3.05, 3.63) is 29.8 Å². The highest BCUT2D eigenvalue weighted by atomic mass is 16.5. The van der Waals surface area contributed by atoms with Gasteiger partial charge >= 0.3 is 0 Å². The van der Waals surface area contributed by atoms with Crippen LogP contribution in [0.15, 0.2) is 24.3 Å². The normalized spacial score (nSPS) is 17.8. The van der Waals surface area contributed by atoms with Crippen LogP contribution < -0.4 is 4.74 Å². The minimum Gasteiger partial charge on any atom is -0.492 e. The van der Waals surface area contributed by atoms with E-state index in [9.17, 15) is 4.79 Å². The molecule has 1 amide bonds. The Balaban J connectivity index is 1.98. The van der Waals surface area contributed by atoms with Crippen molar-refractivity contribution in [1.29, 1.82) is 0 Å². The van der Waals surface area contributed by atoms with E-state index in [-0.39, 0.29) is 11.8 Å². The van der Waals surface area contributed by atoms with Crippen molar-refractivity contribution in [2.45, 2.75) is 26.2 Å². The van der Waals surface area contributed by atoms with Crippen molar-refractivity contribution in [3.8, 4) is 5.75 Å². The van der Waals surface area contributed by atoms with E-state index in [2.05, 4.69) is 6.92 Å². The molecular weight excluding hydrogens is 226 g/mol. The van der Waals surface area contributed by atoms with Crippen molar-refractivity contribution in [3.63, 3.8) is 0 Å². The predicted molar refractivity (Wildman–Crippen MR) is 71.7 cm³/mol. The molecule has 2 rings (SSSR count). The van der Waals surface area contributed by atoms with E-state index >= 15 is 0 Å². The minimum absolute atomic E-state index is 0.0262. The molecule has 1 aromatic rings. The van der Waals surface area contributed by atoms with E-state index in [0.29, 0.717) is 6.61 Å². The molecule has 0 radical (unpaired) electrons. The molecular formula is C15H21NO2. The van der Waals surface area contributed by atoms with Gasteiger partial charge in [-0.05, 0) is 24.5 Å². The maximum absolute atomic E-state index is 12.3. The van der Waals surface area contributed by atoms with Gasteiger partial charge in [-0.3, -0.25) is 4.79 Å². The number of unbranched alkanes of at least 4 members (excludes halogenated alkanes) is 1. The lowest BCUT2D eigenvalue weighted by atomic mass is 9.95. The molecule has 1 aliphatic rings. The molecule has 0 saturated heterocycles. The largest absolute Gasteiger partial charge is 0.492 e. The van der Waals surface area contributed by atoms with E-state index < -0.39 is 0 Å². The molecule has 0 fully saturated rings. The first-order valence-electron chi connectivity index (χ1n) is 6.68. The third-order valence-electron chi connectivity index (χ3n) is 3.45. The van der Waals surface area contributed by atoms with Gasteiger partial charge < -0.3 is 9.64 Å². The van der Waals surface area contributed by atoms with Gasteiger partial charge in [0.2, 0.25) is 5.91 Å². The van der Waals surface area contributed by atoms with E-state index in [1.54, 1.807) is 0 Å². The zero-order chi connectivity index (χ0) is 13.0. The molecule has 0 aliphatic carbocycles. The second kappa shape index (κ2) is 5.89. The number of carbonyl (C=O) groups excluding carboxylic acids is 1. The monoisotopic (exact) mass is 247 g/mol. The Morgan fingerprint density at radius 2 is 2.22 bits per heavy atom. The fraction of sp³-hybridized carbons (Fsp3) is 0.533. The molecule has 1 aliphatic heterocycles. The summed E-state index contributed by atoms with van der Waals surface area (Å²) in [6, 6.07) is 7.97. The number of nitrogens with zero attached hydrogens (tertiary/aromatic N) is 1. The lowest BCUT2D eigenvalue weighted by Gasteiger charge is -2.28. The topological polar surface area (TPSA) is 29.5 Å². The Bertz CT molecular complexity index is 417. The Morgan fingerprint density at radius 3 is 3.00 bits per heavy atom. The number of hydrogen-bond acceptors (Lipinski definition) is 2. The van der Waals surface area contributed by atoms with Crippen LogP contribution in [0.4, 0.5) is 0 Å². The summed E-state index contributed by atoms with van der Waals surface area (Å²) in [7, 11) is 1.89. The summed E-state index contributed by atoms with van der Waals surface area (Å²) < 4.78 is 5.66. The molecule has 1 aromatic carbocycles. The summed E-state index contributed by atoms with van der Waals surface area (Å²) in [5.41, 5.74) is 1.14. The fourth-order valence-electron chi connectivity index (χ4n) is 2.30. The number of benzene rings is 1. The van der Waals surface area contributed by atoms with Gasteiger partial charge in [0.15, 0.2) is 0 Å².